The number of aryl methyl sites for hydroxylation is 1. The van der Waals surface area contributed by atoms with E-state index in [0.717, 1.165) is 27.9 Å². The van der Waals surface area contributed by atoms with E-state index in [1.807, 2.05) is 13.8 Å². The summed E-state index contributed by atoms with van der Waals surface area (Å²) in [5.74, 6) is 0. The number of halogens is 1. The lowest BCUT2D eigenvalue weighted by atomic mass is 10.5. The van der Waals surface area contributed by atoms with E-state index in [2.05, 4.69) is 15.9 Å². The molecule has 0 N–H and O–H groups in total. The van der Waals surface area contributed by atoms with Gasteiger partial charge in [0.1, 0.15) is 0 Å². The van der Waals surface area contributed by atoms with E-state index in [-0.39, 0.29) is 6.04 Å². The molecule has 1 aliphatic carbocycles. The maximum absolute atomic E-state index is 12.5. The van der Waals surface area contributed by atoms with Gasteiger partial charge in [-0.1, -0.05) is 6.92 Å². The third-order valence-corrected chi connectivity index (χ3v) is 6.59. The Morgan fingerprint density at radius 1 is 1.53 bits per heavy atom. The first-order valence-electron chi connectivity index (χ1n) is 5.74. The van der Waals surface area contributed by atoms with Crippen LogP contribution in [0.15, 0.2) is 14.7 Å². The molecule has 1 aromatic rings. The Balaban J connectivity index is 2.36. The van der Waals surface area contributed by atoms with E-state index in [0.29, 0.717) is 11.4 Å². The van der Waals surface area contributed by atoms with E-state index < -0.39 is 10.0 Å². The summed E-state index contributed by atoms with van der Waals surface area (Å²) in [5, 5.41) is 0. The molecule has 1 fully saturated rings. The lowest BCUT2D eigenvalue weighted by Crippen LogP contribution is -2.33. The Kier molecular flexibility index (Phi) is 3.97. The highest BCUT2D eigenvalue weighted by atomic mass is 79.9. The zero-order chi connectivity index (χ0) is 12.6. The Morgan fingerprint density at radius 3 is 2.59 bits per heavy atom. The summed E-state index contributed by atoms with van der Waals surface area (Å²) in [7, 11) is -3.30. The maximum atomic E-state index is 12.5. The number of rotatable bonds is 5. The van der Waals surface area contributed by atoms with Crippen molar-refractivity contribution in [2.45, 2.75) is 44.0 Å². The van der Waals surface area contributed by atoms with Gasteiger partial charge in [0, 0.05) is 17.5 Å². The quantitative estimate of drug-likeness (QED) is 0.825. The van der Waals surface area contributed by atoms with E-state index in [4.69, 9.17) is 0 Å². The van der Waals surface area contributed by atoms with Gasteiger partial charge >= 0.3 is 0 Å². The third-order valence-electron chi connectivity index (χ3n) is 2.83. The Labute approximate surface area is 115 Å². The summed E-state index contributed by atoms with van der Waals surface area (Å²) < 4.78 is 27.7. The van der Waals surface area contributed by atoms with Crippen LogP contribution in [0, 0.1) is 6.92 Å². The molecule has 0 bridgehead atoms. The molecule has 0 spiro atoms. The summed E-state index contributed by atoms with van der Waals surface area (Å²) in [6.45, 7) is 4.50. The highest BCUT2D eigenvalue weighted by Crippen LogP contribution is 2.36. The van der Waals surface area contributed by atoms with Gasteiger partial charge in [-0.05, 0) is 48.2 Å². The molecular weight excluding hydrogens is 322 g/mol. The number of sulfonamides is 1. The molecule has 0 atom stereocenters. The number of nitrogens with zero attached hydrogens (tertiary/aromatic N) is 1. The van der Waals surface area contributed by atoms with E-state index in [1.165, 1.54) is 11.3 Å². The largest absolute Gasteiger partial charge is 0.244 e. The molecule has 96 valence electrons. The molecule has 0 amide bonds. The molecule has 0 saturated heterocycles. The Hall–Kier alpha value is 0.0900. The predicted octanol–water partition coefficient (Wildman–Crippen LogP) is 3.38. The normalized spacial score (nSPS) is 16.7. The number of thiophene rings is 1. The minimum atomic E-state index is -3.30. The van der Waals surface area contributed by atoms with Crippen molar-refractivity contribution in [1.29, 1.82) is 0 Å². The molecule has 1 aliphatic rings. The molecular formula is C11H16BrNO2S2. The molecule has 0 aromatic carbocycles. The van der Waals surface area contributed by atoms with Crippen molar-refractivity contribution in [3.8, 4) is 0 Å². The lowest BCUT2D eigenvalue weighted by Gasteiger charge is -2.20. The first kappa shape index (κ1) is 13.5. The van der Waals surface area contributed by atoms with Crippen LogP contribution in [0.25, 0.3) is 0 Å². The van der Waals surface area contributed by atoms with Crippen molar-refractivity contribution in [1.82, 2.24) is 4.31 Å². The first-order chi connectivity index (χ1) is 7.96. The van der Waals surface area contributed by atoms with Gasteiger partial charge in [0.05, 0.1) is 8.68 Å². The van der Waals surface area contributed by atoms with Gasteiger partial charge < -0.3 is 0 Å². The molecule has 6 heteroatoms. The van der Waals surface area contributed by atoms with Crippen molar-refractivity contribution in [3.05, 3.63) is 14.7 Å². The summed E-state index contributed by atoms with van der Waals surface area (Å²) in [4.78, 5) is 1.33. The van der Waals surface area contributed by atoms with E-state index >= 15 is 0 Å². The fourth-order valence-corrected chi connectivity index (χ4v) is 6.06. The van der Waals surface area contributed by atoms with Crippen LogP contribution in [0.1, 0.15) is 31.1 Å². The summed E-state index contributed by atoms with van der Waals surface area (Å²) in [6, 6.07) is 1.96. The molecule has 0 unspecified atom stereocenters. The smallest absolute Gasteiger partial charge is 0.207 e. The topological polar surface area (TPSA) is 37.4 Å². The molecule has 3 nitrogen and oxygen atoms in total. The van der Waals surface area contributed by atoms with Crippen molar-refractivity contribution in [2.75, 3.05) is 6.54 Å². The summed E-state index contributed by atoms with van der Waals surface area (Å²) in [5.41, 5.74) is 0. The van der Waals surface area contributed by atoms with Gasteiger partial charge in [-0.3, -0.25) is 0 Å². The maximum Gasteiger partial charge on any atom is 0.244 e. The SMILES string of the molecule is CCCN(C1CC1)S(=O)(=O)c1cc(Br)sc1C. The Morgan fingerprint density at radius 2 is 2.18 bits per heavy atom. The second-order valence-corrected chi connectivity index (χ2v) is 8.81. The van der Waals surface area contributed by atoms with Crippen LogP contribution >= 0.6 is 27.3 Å². The molecule has 1 saturated carbocycles. The van der Waals surface area contributed by atoms with Crippen LogP contribution < -0.4 is 0 Å². The number of hydrogen-bond donors (Lipinski definition) is 0. The van der Waals surface area contributed by atoms with Crippen molar-refractivity contribution < 1.29 is 8.42 Å². The van der Waals surface area contributed by atoms with Crippen LogP contribution in [0.2, 0.25) is 0 Å². The monoisotopic (exact) mass is 337 g/mol. The van der Waals surface area contributed by atoms with E-state index in [9.17, 15) is 8.42 Å². The van der Waals surface area contributed by atoms with Crippen LogP contribution in [0.3, 0.4) is 0 Å². The van der Waals surface area contributed by atoms with Gasteiger partial charge in [-0.2, -0.15) is 4.31 Å². The van der Waals surface area contributed by atoms with Crippen LogP contribution in [-0.4, -0.2) is 25.3 Å². The van der Waals surface area contributed by atoms with Gasteiger partial charge in [0.2, 0.25) is 10.0 Å². The minimum absolute atomic E-state index is 0.234. The first-order valence-corrected chi connectivity index (χ1v) is 8.79. The summed E-state index contributed by atoms with van der Waals surface area (Å²) >= 11 is 4.83. The van der Waals surface area contributed by atoms with Crippen molar-refractivity contribution >= 4 is 37.3 Å². The molecule has 0 aliphatic heterocycles. The molecule has 1 heterocycles. The van der Waals surface area contributed by atoms with E-state index in [1.54, 1.807) is 10.4 Å². The zero-order valence-corrected chi connectivity index (χ0v) is 13.2. The third kappa shape index (κ3) is 2.75. The van der Waals surface area contributed by atoms with Crippen LogP contribution in [-0.2, 0) is 10.0 Å². The second-order valence-electron chi connectivity index (χ2n) is 4.32. The average Bonchev–Trinajstić information content (AvgIpc) is 3.00. The van der Waals surface area contributed by atoms with Crippen LogP contribution in [0.4, 0.5) is 0 Å². The van der Waals surface area contributed by atoms with Gasteiger partial charge in [-0.25, -0.2) is 8.42 Å². The average molecular weight is 338 g/mol. The molecule has 17 heavy (non-hydrogen) atoms. The molecule has 0 radical (unpaired) electrons. The molecule has 2 rings (SSSR count). The predicted molar refractivity (Wildman–Crippen MR) is 74.0 cm³/mol. The van der Waals surface area contributed by atoms with Gasteiger partial charge in [0.15, 0.2) is 0 Å². The highest BCUT2D eigenvalue weighted by molar-refractivity contribution is 9.11. The zero-order valence-electron chi connectivity index (χ0n) is 9.94. The summed E-state index contributed by atoms with van der Waals surface area (Å²) in [6.07, 6.45) is 2.87. The van der Waals surface area contributed by atoms with Crippen molar-refractivity contribution in [2.24, 2.45) is 0 Å². The fraction of sp³-hybridized carbons (Fsp3) is 0.636. The minimum Gasteiger partial charge on any atom is -0.207 e. The van der Waals surface area contributed by atoms with Crippen LogP contribution in [0.5, 0.6) is 0 Å². The van der Waals surface area contributed by atoms with Crippen molar-refractivity contribution in [3.63, 3.8) is 0 Å². The standard InChI is InChI=1S/C11H16BrNO2S2/c1-3-6-13(9-4-5-9)17(14,15)10-7-11(12)16-8(10)2/h7,9H,3-6H2,1-2H3. The van der Waals surface area contributed by atoms with Gasteiger partial charge in [0.25, 0.3) is 0 Å². The molecule has 1 aromatic heterocycles. The van der Waals surface area contributed by atoms with Gasteiger partial charge in [-0.15, -0.1) is 11.3 Å². The fourth-order valence-electron chi connectivity index (χ4n) is 1.90. The highest BCUT2D eigenvalue weighted by Gasteiger charge is 2.38. The Bertz CT molecular complexity index is 506. The second kappa shape index (κ2) is 4.99. The number of hydrogen-bond acceptors (Lipinski definition) is 3. The lowest BCUT2D eigenvalue weighted by molar-refractivity contribution is 0.403.